The van der Waals surface area contributed by atoms with Crippen LogP contribution in [0.5, 0.6) is 5.75 Å². The largest absolute Gasteiger partial charge is 0.483 e. The SMILES string of the molecule is O=C(COc1cccc2c1C=CN(O)C2)N1CCCc2cc(F)ccc21. The van der Waals surface area contributed by atoms with Gasteiger partial charge in [0.2, 0.25) is 0 Å². The van der Waals surface area contributed by atoms with Gasteiger partial charge in [0.15, 0.2) is 6.61 Å². The molecule has 0 spiro atoms. The van der Waals surface area contributed by atoms with E-state index in [1.807, 2.05) is 18.2 Å². The fraction of sp³-hybridized carbons (Fsp3) is 0.250. The van der Waals surface area contributed by atoms with E-state index in [4.69, 9.17) is 4.74 Å². The van der Waals surface area contributed by atoms with Crippen molar-refractivity contribution in [3.8, 4) is 5.75 Å². The van der Waals surface area contributed by atoms with E-state index in [9.17, 15) is 14.4 Å². The van der Waals surface area contributed by atoms with Crippen molar-refractivity contribution in [1.82, 2.24) is 5.06 Å². The van der Waals surface area contributed by atoms with E-state index in [-0.39, 0.29) is 18.3 Å². The Hall–Kier alpha value is -2.86. The molecule has 134 valence electrons. The van der Waals surface area contributed by atoms with Crippen molar-refractivity contribution in [2.75, 3.05) is 18.1 Å². The van der Waals surface area contributed by atoms with E-state index in [1.54, 1.807) is 23.2 Å². The molecule has 2 aromatic carbocycles. The summed E-state index contributed by atoms with van der Waals surface area (Å²) in [4.78, 5) is 14.3. The molecule has 2 aliphatic rings. The van der Waals surface area contributed by atoms with Gasteiger partial charge in [-0.15, -0.1) is 0 Å². The molecule has 0 bridgehead atoms. The Balaban J connectivity index is 1.50. The summed E-state index contributed by atoms with van der Waals surface area (Å²) in [5.74, 6) is 0.171. The predicted molar refractivity (Wildman–Crippen MR) is 95.4 cm³/mol. The van der Waals surface area contributed by atoms with Crippen LogP contribution in [0.4, 0.5) is 10.1 Å². The number of ether oxygens (including phenoxy) is 1. The summed E-state index contributed by atoms with van der Waals surface area (Å²) in [6.07, 6.45) is 4.90. The van der Waals surface area contributed by atoms with Crippen LogP contribution in [0.25, 0.3) is 6.08 Å². The topological polar surface area (TPSA) is 53.0 Å². The zero-order valence-corrected chi connectivity index (χ0v) is 14.2. The van der Waals surface area contributed by atoms with Gasteiger partial charge in [-0.25, -0.2) is 4.39 Å². The van der Waals surface area contributed by atoms with E-state index in [0.717, 1.165) is 40.3 Å². The second-order valence-corrected chi connectivity index (χ2v) is 6.45. The number of anilines is 1. The lowest BCUT2D eigenvalue weighted by Gasteiger charge is -2.29. The molecule has 0 fully saturated rings. The van der Waals surface area contributed by atoms with Crippen molar-refractivity contribution in [3.63, 3.8) is 0 Å². The number of rotatable bonds is 3. The number of hydroxylamine groups is 2. The number of benzene rings is 2. The molecule has 26 heavy (non-hydrogen) atoms. The number of hydrogen-bond donors (Lipinski definition) is 1. The zero-order valence-electron chi connectivity index (χ0n) is 14.2. The molecule has 6 heteroatoms. The second kappa shape index (κ2) is 6.80. The van der Waals surface area contributed by atoms with Crippen LogP contribution in [0, 0.1) is 5.82 Å². The van der Waals surface area contributed by atoms with Gasteiger partial charge < -0.3 is 9.64 Å². The highest BCUT2D eigenvalue weighted by Gasteiger charge is 2.23. The molecule has 2 heterocycles. The van der Waals surface area contributed by atoms with Crippen LogP contribution >= 0.6 is 0 Å². The van der Waals surface area contributed by atoms with E-state index in [0.29, 0.717) is 18.8 Å². The summed E-state index contributed by atoms with van der Waals surface area (Å²) in [7, 11) is 0. The highest BCUT2D eigenvalue weighted by atomic mass is 19.1. The monoisotopic (exact) mass is 354 g/mol. The zero-order chi connectivity index (χ0) is 18.1. The maximum Gasteiger partial charge on any atom is 0.264 e. The Morgan fingerprint density at radius 1 is 1.23 bits per heavy atom. The number of hydrogen-bond acceptors (Lipinski definition) is 4. The number of halogens is 1. The summed E-state index contributed by atoms with van der Waals surface area (Å²) in [6, 6.07) is 10.1. The van der Waals surface area contributed by atoms with Gasteiger partial charge in [-0.05, 0) is 54.3 Å². The highest BCUT2D eigenvalue weighted by molar-refractivity contribution is 5.95. The minimum atomic E-state index is -0.282. The van der Waals surface area contributed by atoms with Gasteiger partial charge in [-0.3, -0.25) is 15.1 Å². The Morgan fingerprint density at radius 3 is 3.00 bits per heavy atom. The molecular formula is C20H19FN2O3. The molecule has 0 unspecified atom stereocenters. The van der Waals surface area contributed by atoms with Gasteiger partial charge in [-0.1, -0.05) is 12.1 Å². The lowest BCUT2D eigenvalue weighted by Crippen LogP contribution is -2.38. The van der Waals surface area contributed by atoms with Gasteiger partial charge in [0.25, 0.3) is 5.91 Å². The average molecular weight is 354 g/mol. The maximum absolute atomic E-state index is 13.4. The molecule has 5 nitrogen and oxygen atoms in total. The first-order valence-electron chi connectivity index (χ1n) is 8.59. The van der Waals surface area contributed by atoms with Crippen molar-refractivity contribution in [1.29, 1.82) is 0 Å². The smallest absolute Gasteiger partial charge is 0.264 e. The number of carbonyl (C=O) groups is 1. The number of nitrogens with zero attached hydrogens (tertiary/aromatic N) is 2. The van der Waals surface area contributed by atoms with Crippen molar-refractivity contribution in [3.05, 3.63) is 65.1 Å². The van der Waals surface area contributed by atoms with Crippen molar-refractivity contribution < 1.29 is 19.1 Å². The van der Waals surface area contributed by atoms with Crippen LogP contribution in [0.3, 0.4) is 0 Å². The third kappa shape index (κ3) is 3.15. The Morgan fingerprint density at radius 2 is 2.12 bits per heavy atom. The summed E-state index contributed by atoms with van der Waals surface area (Å²) in [5, 5.41) is 10.7. The average Bonchev–Trinajstić information content (AvgIpc) is 2.65. The number of aryl methyl sites for hydroxylation is 1. The van der Waals surface area contributed by atoms with Crippen molar-refractivity contribution >= 4 is 17.7 Å². The molecule has 0 radical (unpaired) electrons. The van der Waals surface area contributed by atoms with Gasteiger partial charge >= 0.3 is 0 Å². The van der Waals surface area contributed by atoms with Gasteiger partial charge in [0.05, 0.1) is 6.54 Å². The van der Waals surface area contributed by atoms with Gasteiger partial charge in [0, 0.05) is 24.0 Å². The van der Waals surface area contributed by atoms with E-state index >= 15 is 0 Å². The van der Waals surface area contributed by atoms with Crippen LogP contribution in [0.15, 0.2) is 42.6 Å². The highest BCUT2D eigenvalue weighted by Crippen LogP contribution is 2.30. The summed E-state index contributed by atoms with van der Waals surface area (Å²) >= 11 is 0. The number of amides is 1. The predicted octanol–water partition coefficient (Wildman–Crippen LogP) is 3.36. The summed E-state index contributed by atoms with van der Waals surface area (Å²) < 4.78 is 19.2. The molecule has 0 aromatic heterocycles. The molecule has 1 N–H and O–H groups in total. The quantitative estimate of drug-likeness (QED) is 0.918. The van der Waals surface area contributed by atoms with Gasteiger partial charge in [-0.2, -0.15) is 0 Å². The van der Waals surface area contributed by atoms with E-state index < -0.39 is 0 Å². The van der Waals surface area contributed by atoms with Crippen LogP contribution in [0.1, 0.15) is 23.1 Å². The fourth-order valence-corrected chi connectivity index (χ4v) is 3.47. The molecule has 2 aromatic rings. The van der Waals surface area contributed by atoms with E-state index in [1.165, 1.54) is 12.1 Å². The minimum absolute atomic E-state index is 0.0933. The third-order valence-corrected chi connectivity index (χ3v) is 4.71. The molecule has 0 saturated heterocycles. The Bertz CT molecular complexity index is 881. The van der Waals surface area contributed by atoms with E-state index in [2.05, 4.69) is 0 Å². The van der Waals surface area contributed by atoms with Crippen molar-refractivity contribution in [2.45, 2.75) is 19.4 Å². The van der Waals surface area contributed by atoms with Crippen LogP contribution in [-0.2, 0) is 17.8 Å². The first kappa shape index (κ1) is 16.6. The third-order valence-electron chi connectivity index (χ3n) is 4.71. The normalized spacial score (nSPS) is 15.5. The molecule has 0 saturated carbocycles. The fourth-order valence-electron chi connectivity index (χ4n) is 3.47. The first-order chi connectivity index (χ1) is 12.6. The summed E-state index contributed by atoms with van der Waals surface area (Å²) in [6.45, 7) is 0.888. The lowest BCUT2D eigenvalue weighted by molar-refractivity contribution is -0.120. The number of carbonyl (C=O) groups excluding carboxylic acids is 1. The number of fused-ring (bicyclic) bond motifs is 2. The first-order valence-corrected chi connectivity index (χ1v) is 8.59. The molecule has 2 aliphatic heterocycles. The molecule has 0 aliphatic carbocycles. The Kier molecular flexibility index (Phi) is 4.34. The van der Waals surface area contributed by atoms with Crippen LogP contribution in [0.2, 0.25) is 0 Å². The standard InChI is InChI=1S/C20H19FN2O3/c21-16-6-7-18-14(11-16)4-2-9-23(18)20(24)13-26-19-5-1-3-15-12-22(25)10-8-17(15)19/h1,3,5-8,10-11,25H,2,4,9,12-13H2. The maximum atomic E-state index is 13.4. The second-order valence-electron chi connectivity index (χ2n) is 6.45. The van der Waals surface area contributed by atoms with Crippen LogP contribution < -0.4 is 9.64 Å². The van der Waals surface area contributed by atoms with Gasteiger partial charge in [0.1, 0.15) is 11.6 Å². The minimum Gasteiger partial charge on any atom is -0.483 e. The molecule has 0 atom stereocenters. The molecule has 4 rings (SSSR count). The summed E-state index contributed by atoms with van der Waals surface area (Å²) in [5.41, 5.74) is 3.41. The van der Waals surface area contributed by atoms with Crippen LogP contribution in [-0.4, -0.2) is 29.3 Å². The van der Waals surface area contributed by atoms with Crippen molar-refractivity contribution in [2.24, 2.45) is 0 Å². The Labute approximate surface area is 150 Å². The lowest BCUT2D eigenvalue weighted by atomic mass is 10.0. The molecular weight excluding hydrogens is 335 g/mol. The molecule has 1 amide bonds.